The highest BCUT2D eigenvalue weighted by atomic mass is 16.5. The molecule has 0 spiro atoms. The number of carbonyl (C=O) groups is 1. The van der Waals surface area contributed by atoms with Gasteiger partial charge < -0.3 is 25.4 Å². The lowest BCUT2D eigenvalue weighted by atomic mass is 10.1. The SMILES string of the molecule is COCCN(c1ccc2c(c1)NC(=O)C2N)C(C)COC. The Morgan fingerprint density at radius 3 is 2.81 bits per heavy atom. The Kier molecular flexibility index (Phi) is 5.17. The number of amides is 1. The number of methoxy groups -OCH3 is 2. The van der Waals surface area contributed by atoms with Crippen LogP contribution >= 0.6 is 0 Å². The van der Waals surface area contributed by atoms with Crippen molar-refractivity contribution in [3.05, 3.63) is 23.8 Å². The molecular weight excluding hydrogens is 270 g/mol. The Morgan fingerprint density at radius 1 is 1.38 bits per heavy atom. The normalized spacial score (nSPS) is 18.3. The van der Waals surface area contributed by atoms with E-state index in [2.05, 4.69) is 17.1 Å². The third-order valence-electron chi connectivity index (χ3n) is 3.72. The lowest BCUT2D eigenvalue weighted by Gasteiger charge is -2.31. The molecule has 21 heavy (non-hydrogen) atoms. The van der Waals surface area contributed by atoms with E-state index < -0.39 is 6.04 Å². The first-order chi connectivity index (χ1) is 10.1. The highest BCUT2D eigenvalue weighted by Crippen LogP contribution is 2.33. The van der Waals surface area contributed by atoms with Crippen LogP contribution in [0.5, 0.6) is 0 Å². The number of fused-ring (bicyclic) bond motifs is 1. The zero-order valence-electron chi connectivity index (χ0n) is 12.8. The van der Waals surface area contributed by atoms with Gasteiger partial charge in [-0.2, -0.15) is 0 Å². The molecule has 0 aliphatic carbocycles. The summed E-state index contributed by atoms with van der Waals surface area (Å²) in [7, 11) is 3.37. The van der Waals surface area contributed by atoms with Crippen molar-refractivity contribution in [1.82, 2.24) is 0 Å². The number of anilines is 2. The van der Waals surface area contributed by atoms with Crippen LogP contribution in [-0.4, -0.2) is 45.9 Å². The fourth-order valence-electron chi connectivity index (χ4n) is 2.58. The molecule has 1 aliphatic rings. The molecule has 6 nitrogen and oxygen atoms in total. The van der Waals surface area contributed by atoms with E-state index in [0.717, 1.165) is 23.5 Å². The van der Waals surface area contributed by atoms with Gasteiger partial charge in [0, 0.05) is 43.7 Å². The second-order valence-electron chi connectivity index (χ2n) is 5.23. The van der Waals surface area contributed by atoms with Gasteiger partial charge in [0.2, 0.25) is 5.91 Å². The summed E-state index contributed by atoms with van der Waals surface area (Å²) >= 11 is 0. The van der Waals surface area contributed by atoms with Gasteiger partial charge in [-0.1, -0.05) is 6.07 Å². The molecule has 3 N–H and O–H groups in total. The fraction of sp³-hybridized carbons (Fsp3) is 0.533. The molecule has 0 saturated carbocycles. The molecule has 1 aliphatic heterocycles. The third kappa shape index (κ3) is 3.34. The van der Waals surface area contributed by atoms with Crippen LogP contribution in [0.15, 0.2) is 18.2 Å². The van der Waals surface area contributed by atoms with Crippen molar-refractivity contribution in [2.24, 2.45) is 5.73 Å². The number of nitrogens with two attached hydrogens (primary N) is 1. The highest BCUT2D eigenvalue weighted by Gasteiger charge is 2.28. The Balaban J connectivity index is 2.24. The number of nitrogens with zero attached hydrogens (tertiary/aromatic N) is 1. The number of hydrogen-bond donors (Lipinski definition) is 2. The minimum Gasteiger partial charge on any atom is -0.383 e. The molecule has 116 valence electrons. The monoisotopic (exact) mass is 293 g/mol. The smallest absolute Gasteiger partial charge is 0.245 e. The van der Waals surface area contributed by atoms with E-state index in [1.807, 2.05) is 18.2 Å². The first-order valence-corrected chi connectivity index (χ1v) is 7.03. The average Bonchev–Trinajstić information content (AvgIpc) is 2.74. The molecule has 2 unspecified atom stereocenters. The zero-order valence-corrected chi connectivity index (χ0v) is 12.8. The second-order valence-corrected chi connectivity index (χ2v) is 5.23. The molecule has 2 atom stereocenters. The quantitative estimate of drug-likeness (QED) is 0.788. The summed E-state index contributed by atoms with van der Waals surface area (Å²) in [5.74, 6) is -0.157. The average molecular weight is 293 g/mol. The van der Waals surface area contributed by atoms with Crippen molar-refractivity contribution in [2.75, 3.05) is 44.2 Å². The standard InChI is InChI=1S/C15H23N3O3/c1-10(9-21-3)18(6-7-20-2)11-4-5-12-13(8-11)17-15(19)14(12)16/h4-5,8,10,14H,6-7,9,16H2,1-3H3,(H,17,19). The maximum Gasteiger partial charge on any atom is 0.245 e. The minimum absolute atomic E-state index is 0.157. The molecule has 1 heterocycles. The predicted molar refractivity (Wildman–Crippen MR) is 82.6 cm³/mol. The van der Waals surface area contributed by atoms with Crippen molar-refractivity contribution in [3.8, 4) is 0 Å². The molecule has 1 aromatic carbocycles. The number of carbonyl (C=O) groups excluding carboxylic acids is 1. The number of nitrogens with one attached hydrogen (secondary N) is 1. The summed E-state index contributed by atoms with van der Waals surface area (Å²) in [6.07, 6.45) is 0. The van der Waals surface area contributed by atoms with Gasteiger partial charge in [0.25, 0.3) is 0 Å². The van der Waals surface area contributed by atoms with Gasteiger partial charge in [-0.15, -0.1) is 0 Å². The molecule has 0 bridgehead atoms. The van der Waals surface area contributed by atoms with Crippen LogP contribution < -0.4 is 16.0 Å². The molecule has 1 amide bonds. The van der Waals surface area contributed by atoms with Crippen LogP contribution in [0.4, 0.5) is 11.4 Å². The van der Waals surface area contributed by atoms with Gasteiger partial charge in [0.1, 0.15) is 6.04 Å². The van der Waals surface area contributed by atoms with Crippen LogP contribution in [0, 0.1) is 0 Å². The van der Waals surface area contributed by atoms with E-state index in [9.17, 15) is 4.79 Å². The summed E-state index contributed by atoms with van der Waals surface area (Å²) in [5.41, 5.74) is 8.49. The van der Waals surface area contributed by atoms with Gasteiger partial charge in [0.05, 0.1) is 13.2 Å². The molecule has 0 saturated heterocycles. The molecule has 0 fully saturated rings. The summed E-state index contributed by atoms with van der Waals surface area (Å²) in [5, 5.41) is 2.82. The van der Waals surface area contributed by atoms with Crippen LogP contribution in [0.3, 0.4) is 0 Å². The number of benzene rings is 1. The Labute approximate surface area is 125 Å². The Hall–Kier alpha value is -1.63. The summed E-state index contributed by atoms with van der Waals surface area (Å²) in [6.45, 7) is 4.08. The van der Waals surface area contributed by atoms with Gasteiger partial charge >= 0.3 is 0 Å². The zero-order chi connectivity index (χ0) is 15.4. The number of rotatable bonds is 7. The summed E-state index contributed by atoms with van der Waals surface area (Å²) in [4.78, 5) is 13.8. The van der Waals surface area contributed by atoms with E-state index in [4.69, 9.17) is 15.2 Å². The fourth-order valence-corrected chi connectivity index (χ4v) is 2.58. The second kappa shape index (κ2) is 6.89. The number of hydrogen-bond acceptors (Lipinski definition) is 5. The van der Waals surface area contributed by atoms with E-state index in [1.54, 1.807) is 14.2 Å². The third-order valence-corrected chi connectivity index (χ3v) is 3.72. The molecular formula is C15H23N3O3. The van der Waals surface area contributed by atoms with Crippen molar-refractivity contribution < 1.29 is 14.3 Å². The molecule has 2 rings (SSSR count). The maximum atomic E-state index is 11.6. The lowest BCUT2D eigenvalue weighted by Crippen LogP contribution is -2.38. The van der Waals surface area contributed by atoms with Crippen molar-refractivity contribution in [1.29, 1.82) is 0 Å². The van der Waals surface area contributed by atoms with Gasteiger partial charge in [-0.05, 0) is 19.1 Å². The van der Waals surface area contributed by atoms with Crippen molar-refractivity contribution in [3.63, 3.8) is 0 Å². The largest absolute Gasteiger partial charge is 0.383 e. The van der Waals surface area contributed by atoms with E-state index >= 15 is 0 Å². The molecule has 6 heteroatoms. The van der Waals surface area contributed by atoms with Gasteiger partial charge in [-0.3, -0.25) is 4.79 Å². The summed E-state index contributed by atoms with van der Waals surface area (Å²) in [6, 6.07) is 5.49. The van der Waals surface area contributed by atoms with Crippen LogP contribution in [-0.2, 0) is 14.3 Å². The van der Waals surface area contributed by atoms with Crippen LogP contribution in [0.2, 0.25) is 0 Å². The lowest BCUT2D eigenvalue weighted by molar-refractivity contribution is -0.116. The number of ether oxygens (including phenoxy) is 2. The maximum absolute atomic E-state index is 11.6. The van der Waals surface area contributed by atoms with Crippen molar-refractivity contribution >= 4 is 17.3 Å². The van der Waals surface area contributed by atoms with Gasteiger partial charge in [-0.25, -0.2) is 0 Å². The molecule has 0 radical (unpaired) electrons. The first-order valence-electron chi connectivity index (χ1n) is 7.03. The van der Waals surface area contributed by atoms with E-state index in [-0.39, 0.29) is 11.9 Å². The Bertz CT molecular complexity index is 507. The minimum atomic E-state index is -0.571. The highest BCUT2D eigenvalue weighted by molar-refractivity contribution is 6.02. The van der Waals surface area contributed by atoms with Gasteiger partial charge in [0.15, 0.2) is 0 Å². The Morgan fingerprint density at radius 2 is 2.14 bits per heavy atom. The predicted octanol–water partition coefficient (Wildman–Crippen LogP) is 1.13. The van der Waals surface area contributed by atoms with Crippen LogP contribution in [0.25, 0.3) is 0 Å². The van der Waals surface area contributed by atoms with Crippen molar-refractivity contribution in [2.45, 2.75) is 19.0 Å². The van der Waals surface area contributed by atoms with E-state index in [0.29, 0.717) is 13.2 Å². The topological polar surface area (TPSA) is 76.8 Å². The van der Waals surface area contributed by atoms with E-state index in [1.165, 1.54) is 0 Å². The molecule has 1 aromatic rings. The summed E-state index contributed by atoms with van der Waals surface area (Å²) < 4.78 is 10.4. The first kappa shape index (κ1) is 15.8. The van der Waals surface area contributed by atoms with Crippen LogP contribution in [0.1, 0.15) is 18.5 Å². The molecule has 0 aromatic heterocycles.